The molecule has 0 heterocycles. The van der Waals surface area contributed by atoms with Gasteiger partial charge in [0.1, 0.15) is 6.54 Å². The van der Waals surface area contributed by atoms with E-state index in [9.17, 15) is 13.2 Å². The summed E-state index contributed by atoms with van der Waals surface area (Å²) < 4.78 is 25.5. The highest BCUT2D eigenvalue weighted by Gasteiger charge is 2.22. The molecule has 0 spiro atoms. The van der Waals surface area contributed by atoms with Crippen LogP contribution in [0.2, 0.25) is 0 Å². The third-order valence-corrected chi connectivity index (χ3v) is 5.70. The molecule has 0 atom stereocenters. The molecule has 1 aromatic carbocycles. The maximum Gasteiger partial charge on any atom is 0.240 e. The van der Waals surface area contributed by atoms with E-state index in [1.807, 2.05) is 31.1 Å². The maximum atomic E-state index is 12.4. The zero-order valence-corrected chi connectivity index (χ0v) is 16.2. The second kappa shape index (κ2) is 8.56. The van der Waals surface area contributed by atoms with E-state index in [-0.39, 0.29) is 18.5 Å². The number of nitrogens with one attached hydrogen (secondary N) is 1. The van der Waals surface area contributed by atoms with Crippen LogP contribution in [0.5, 0.6) is 0 Å². The summed E-state index contributed by atoms with van der Waals surface area (Å²) in [4.78, 5) is 14.3. The summed E-state index contributed by atoms with van der Waals surface area (Å²) in [7, 11) is 0.305. The molecule has 0 radical (unpaired) electrons. The standard InChI is InChI=1S/C18H29N3O3S/c1-20(2)16-10-12-17(13-11-16)21(25(3,23)24)14-18(22)19-15-8-6-4-5-7-9-15/h10-13,15H,4-9,14H2,1-3H3,(H,19,22). The van der Waals surface area contributed by atoms with Gasteiger partial charge in [0.2, 0.25) is 15.9 Å². The minimum Gasteiger partial charge on any atom is -0.378 e. The van der Waals surface area contributed by atoms with Crippen molar-refractivity contribution >= 4 is 27.3 Å². The van der Waals surface area contributed by atoms with Crippen molar-refractivity contribution in [1.82, 2.24) is 5.32 Å². The molecule has 1 aliphatic carbocycles. The van der Waals surface area contributed by atoms with E-state index in [2.05, 4.69) is 5.32 Å². The van der Waals surface area contributed by atoms with Gasteiger partial charge < -0.3 is 10.2 Å². The number of carbonyl (C=O) groups is 1. The minimum absolute atomic E-state index is 0.160. The fourth-order valence-corrected chi connectivity index (χ4v) is 4.00. The number of sulfonamides is 1. The van der Waals surface area contributed by atoms with E-state index in [0.717, 1.165) is 37.6 Å². The lowest BCUT2D eigenvalue weighted by molar-refractivity contribution is -0.120. The van der Waals surface area contributed by atoms with Crippen molar-refractivity contribution in [3.8, 4) is 0 Å². The van der Waals surface area contributed by atoms with E-state index in [0.29, 0.717) is 5.69 Å². The fraction of sp³-hybridized carbons (Fsp3) is 0.611. The van der Waals surface area contributed by atoms with Gasteiger partial charge in [0, 0.05) is 25.8 Å². The SMILES string of the molecule is CN(C)c1ccc(N(CC(=O)NC2CCCCCC2)S(C)(=O)=O)cc1. The topological polar surface area (TPSA) is 69.7 Å². The second-order valence-electron chi connectivity index (χ2n) is 6.94. The summed E-state index contributed by atoms with van der Waals surface area (Å²) in [5, 5.41) is 3.01. The molecule has 7 heteroatoms. The van der Waals surface area contributed by atoms with Crippen LogP contribution in [0.15, 0.2) is 24.3 Å². The highest BCUT2D eigenvalue weighted by Crippen LogP contribution is 2.22. The summed E-state index contributed by atoms with van der Waals surface area (Å²) >= 11 is 0. The number of nitrogens with zero attached hydrogens (tertiary/aromatic N) is 2. The van der Waals surface area contributed by atoms with E-state index < -0.39 is 10.0 Å². The number of carbonyl (C=O) groups excluding carboxylic acids is 1. The van der Waals surface area contributed by atoms with Gasteiger partial charge in [-0.2, -0.15) is 0 Å². The molecule has 1 N–H and O–H groups in total. The van der Waals surface area contributed by atoms with Crippen LogP contribution in [0.4, 0.5) is 11.4 Å². The van der Waals surface area contributed by atoms with Crippen LogP contribution in [0.1, 0.15) is 38.5 Å². The summed E-state index contributed by atoms with van der Waals surface area (Å²) in [5.41, 5.74) is 1.48. The minimum atomic E-state index is -3.54. The molecule has 1 amide bonds. The van der Waals surface area contributed by atoms with Gasteiger partial charge in [-0.05, 0) is 37.1 Å². The normalized spacial score (nSPS) is 16.1. The number of hydrogen-bond acceptors (Lipinski definition) is 4. The first-order chi connectivity index (χ1) is 11.8. The average Bonchev–Trinajstić information content (AvgIpc) is 2.80. The Balaban J connectivity index is 2.08. The monoisotopic (exact) mass is 367 g/mol. The van der Waals surface area contributed by atoms with Gasteiger partial charge in [0.05, 0.1) is 11.9 Å². The van der Waals surface area contributed by atoms with Gasteiger partial charge in [0.25, 0.3) is 0 Å². The Morgan fingerprint density at radius 2 is 1.56 bits per heavy atom. The predicted octanol–water partition coefficient (Wildman–Crippen LogP) is 2.36. The maximum absolute atomic E-state index is 12.4. The molecule has 25 heavy (non-hydrogen) atoms. The van der Waals surface area contributed by atoms with Crippen molar-refractivity contribution in [1.29, 1.82) is 0 Å². The summed E-state index contributed by atoms with van der Waals surface area (Å²) in [6.07, 6.45) is 7.73. The largest absolute Gasteiger partial charge is 0.378 e. The molecule has 0 unspecified atom stereocenters. The zero-order valence-electron chi connectivity index (χ0n) is 15.4. The van der Waals surface area contributed by atoms with Gasteiger partial charge in [-0.15, -0.1) is 0 Å². The lowest BCUT2D eigenvalue weighted by Crippen LogP contribution is -2.44. The van der Waals surface area contributed by atoms with Gasteiger partial charge in [-0.1, -0.05) is 25.7 Å². The van der Waals surface area contributed by atoms with E-state index >= 15 is 0 Å². The summed E-state index contributed by atoms with van der Waals surface area (Å²) in [5.74, 6) is -0.242. The number of anilines is 2. The molecule has 0 aromatic heterocycles. The number of rotatable bonds is 6. The molecule has 2 rings (SSSR count). The van der Waals surface area contributed by atoms with Crippen molar-refractivity contribution in [3.05, 3.63) is 24.3 Å². The third kappa shape index (κ3) is 5.92. The molecule has 1 aliphatic rings. The van der Waals surface area contributed by atoms with E-state index in [1.54, 1.807) is 12.1 Å². The molecule has 1 aromatic rings. The summed E-state index contributed by atoms with van der Waals surface area (Å²) in [6, 6.07) is 7.31. The third-order valence-electron chi connectivity index (χ3n) is 4.56. The van der Waals surface area contributed by atoms with Crippen LogP contribution in [0, 0.1) is 0 Å². The van der Waals surface area contributed by atoms with Crippen LogP contribution in [0.25, 0.3) is 0 Å². The van der Waals surface area contributed by atoms with Gasteiger partial charge in [-0.3, -0.25) is 9.10 Å². The Bertz CT molecular complexity index is 663. The van der Waals surface area contributed by atoms with Crippen molar-refractivity contribution in [2.45, 2.75) is 44.6 Å². The first kappa shape index (κ1) is 19.6. The molecule has 0 bridgehead atoms. The van der Waals surface area contributed by atoms with Crippen LogP contribution in [-0.4, -0.2) is 47.3 Å². The van der Waals surface area contributed by atoms with Gasteiger partial charge >= 0.3 is 0 Å². The number of amides is 1. The zero-order chi connectivity index (χ0) is 18.4. The molecule has 6 nitrogen and oxygen atoms in total. The average molecular weight is 368 g/mol. The van der Waals surface area contributed by atoms with Crippen LogP contribution in [-0.2, 0) is 14.8 Å². The Morgan fingerprint density at radius 3 is 2.04 bits per heavy atom. The Hall–Kier alpha value is -1.76. The summed E-state index contributed by atoms with van der Waals surface area (Å²) in [6.45, 7) is -0.184. The van der Waals surface area contributed by atoms with E-state index in [1.165, 1.54) is 17.1 Å². The lowest BCUT2D eigenvalue weighted by Gasteiger charge is -2.24. The van der Waals surface area contributed by atoms with Gasteiger partial charge in [0.15, 0.2) is 0 Å². The smallest absolute Gasteiger partial charge is 0.240 e. The van der Waals surface area contributed by atoms with Crippen LogP contribution >= 0.6 is 0 Å². The first-order valence-electron chi connectivity index (χ1n) is 8.82. The quantitative estimate of drug-likeness (QED) is 0.784. The molecule has 1 fully saturated rings. The van der Waals surface area contributed by atoms with Crippen molar-refractivity contribution < 1.29 is 13.2 Å². The molecular weight excluding hydrogens is 338 g/mol. The fourth-order valence-electron chi connectivity index (χ4n) is 3.14. The Morgan fingerprint density at radius 1 is 1.04 bits per heavy atom. The lowest BCUT2D eigenvalue weighted by atomic mass is 10.1. The number of hydrogen-bond donors (Lipinski definition) is 1. The van der Waals surface area contributed by atoms with Crippen molar-refractivity contribution in [2.24, 2.45) is 0 Å². The van der Waals surface area contributed by atoms with Crippen molar-refractivity contribution in [2.75, 3.05) is 36.1 Å². The van der Waals surface area contributed by atoms with Gasteiger partial charge in [-0.25, -0.2) is 8.42 Å². The molecule has 140 valence electrons. The first-order valence-corrected chi connectivity index (χ1v) is 10.7. The molecule has 0 saturated heterocycles. The molecule has 0 aliphatic heterocycles. The molecular formula is C18H29N3O3S. The highest BCUT2D eigenvalue weighted by atomic mass is 32.2. The van der Waals surface area contributed by atoms with E-state index in [4.69, 9.17) is 0 Å². The Kier molecular flexibility index (Phi) is 6.70. The van der Waals surface area contributed by atoms with Crippen molar-refractivity contribution in [3.63, 3.8) is 0 Å². The Labute approximate surface area is 151 Å². The molecule has 1 saturated carbocycles. The highest BCUT2D eigenvalue weighted by molar-refractivity contribution is 7.92. The predicted molar refractivity (Wildman–Crippen MR) is 103 cm³/mol. The van der Waals surface area contributed by atoms with Crippen LogP contribution in [0.3, 0.4) is 0 Å². The van der Waals surface area contributed by atoms with Crippen LogP contribution < -0.4 is 14.5 Å². The number of benzene rings is 1. The second-order valence-corrected chi connectivity index (χ2v) is 8.84.